The molecule has 0 atom stereocenters. The minimum Gasteiger partial charge on any atom is -0.380 e. The third-order valence-electron chi connectivity index (χ3n) is 2.16. The van der Waals surface area contributed by atoms with Crippen molar-refractivity contribution in [1.29, 1.82) is 0 Å². The minimum atomic E-state index is 0.568. The van der Waals surface area contributed by atoms with Crippen LogP contribution < -0.4 is 5.32 Å². The molecule has 0 aliphatic carbocycles. The smallest absolute Gasteiger partial charge is 0.183 e. The van der Waals surface area contributed by atoms with Gasteiger partial charge < -0.3 is 5.32 Å². The van der Waals surface area contributed by atoms with Crippen LogP contribution in [0.15, 0.2) is 24.4 Å². The SMILES string of the molecule is Cc1ccc(NCc2cnc(Cl)s2)cc1Cl. The predicted octanol–water partition coefficient (Wildman–Crippen LogP) is 4.37. The molecule has 1 aromatic heterocycles. The zero-order valence-corrected chi connectivity index (χ0v) is 11.0. The number of aromatic nitrogens is 1. The number of aryl methyl sites for hydroxylation is 1. The van der Waals surface area contributed by atoms with Crippen molar-refractivity contribution in [3.05, 3.63) is 44.3 Å². The lowest BCUT2D eigenvalue weighted by atomic mass is 10.2. The van der Waals surface area contributed by atoms with E-state index in [-0.39, 0.29) is 0 Å². The molecule has 16 heavy (non-hydrogen) atoms. The lowest BCUT2D eigenvalue weighted by molar-refractivity contribution is 1.17. The second-order valence-corrected chi connectivity index (χ2v) is 5.50. The Morgan fingerprint density at radius 2 is 2.19 bits per heavy atom. The maximum absolute atomic E-state index is 6.03. The third-order valence-corrected chi connectivity index (χ3v) is 3.69. The Labute approximate surface area is 108 Å². The fourth-order valence-corrected chi connectivity index (χ4v) is 2.36. The highest BCUT2D eigenvalue weighted by Gasteiger charge is 2.00. The number of hydrogen-bond donors (Lipinski definition) is 1. The van der Waals surface area contributed by atoms with E-state index in [1.54, 1.807) is 6.20 Å². The van der Waals surface area contributed by atoms with Crippen LogP contribution >= 0.6 is 34.5 Å². The van der Waals surface area contributed by atoms with Crippen LogP contribution in [-0.2, 0) is 6.54 Å². The molecule has 1 heterocycles. The standard InChI is InChI=1S/C11H10Cl2N2S/c1-7-2-3-8(4-10(7)12)14-5-9-6-15-11(13)16-9/h2-4,6,14H,5H2,1H3. The number of anilines is 1. The molecule has 5 heteroatoms. The Morgan fingerprint density at radius 1 is 1.38 bits per heavy atom. The number of hydrogen-bond acceptors (Lipinski definition) is 3. The maximum Gasteiger partial charge on any atom is 0.183 e. The molecule has 0 saturated heterocycles. The van der Waals surface area contributed by atoms with E-state index in [0.717, 1.165) is 21.2 Å². The molecule has 0 radical (unpaired) electrons. The topological polar surface area (TPSA) is 24.9 Å². The van der Waals surface area contributed by atoms with Crippen LogP contribution in [0.1, 0.15) is 10.4 Å². The Morgan fingerprint density at radius 3 is 2.81 bits per heavy atom. The first-order valence-electron chi connectivity index (χ1n) is 4.75. The molecule has 0 aliphatic heterocycles. The van der Waals surface area contributed by atoms with E-state index in [9.17, 15) is 0 Å². The fourth-order valence-electron chi connectivity index (χ4n) is 1.26. The molecule has 1 N–H and O–H groups in total. The van der Waals surface area contributed by atoms with Gasteiger partial charge in [0.1, 0.15) is 0 Å². The molecule has 2 rings (SSSR count). The van der Waals surface area contributed by atoms with Crippen molar-refractivity contribution in [3.8, 4) is 0 Å². The number of nitrogens with one attached hydrogen (secondary N) is 1. The van der Waals surface area contributed by atoms with Crippen LogP contribution in [0.25, 0.3) is 0 Å². The minimum absolute atomic E-state index is 0.568. The molecule has 2 aromatic rings. The average Bonchev–Trinajstić information content (AvgIpc) is 2.66. The normalized spacial score (nSPS) is 10.4. The number of rotatable bonds is 3. The molecule has 0 amide bonds. The van der Waals surface area contributed by atoms with Gasteiger partial charge in [0.2, 0.25) is 0 Å². The first kappa shape index (κ1) is 11.7. The van der Waals surface area contributed by atoms with Gasteiger partial charge in [0, 0.05) is 21.8 Å². The largest absolute Gasteiger partial charge is 0.380 e. The predicted molar refractivity (Wildman–Crippen MR) is 70.6 cm³/mol. The van der Waals surface area contributed by atoms with Gasteiger partial charge in [-0.2, -0.15) is 0 Å². The third kappa shape index (κ3) is 2.88. The van der Waals surface area contributed by atoms with Crippen LogP contribution in [-0.4, -0.2) is 4.98 Å². The van der Waals surface area contributed by atoms with E-state index in [4.69, 9.17) is 23.2 Å². The summed E-state index contributed by atoms with van der Waals surface area (Å²) in [5.41, 5.74) is 2.08. The fraction of sp³-hybridized carbons (Fsp3) is 0.182. The van der Waals surface area contributed by atoms with Gasteiger partial charge in [-0.1, -0.05) is 29.3 Å². The zero-order chi connectivity index (χ0) is 11.5. The van der Waals surface area contributed by atoms with Crippen molar-refractivity contribution in [2.45, 2.75) is 13.5 Å². The summed E-state index contributed by atoms with van der Waals surface area (Å²) in [4.78, 5) is 5.08. The van der Waals surface area contributed by atoms with Crippen molar-refractivity contribution in [1.82, 2.24) is 4.98 Å². The van der Waals surface area contributed by atoms with Gasteiger partial charge in [-0.3, -0.25) is 0 Å². The summed E-state index contributed by atoms with van der Waals surface area (Å²) in [5.74, 6) is 0. The lowest BCUT2D eigenvalue weighted by Crippen LogP contribution is -1.97. The zero-order valence-electron chi connectivity index (χ0n) is 8.63. The van der Waals surface area contributed by atoms with Crippen LogP contribution in [0.2, 0.25) is 9.49 Å². The van der Waals surface area contributed by atoms with Crippen molar-refractivity contribution in [2.24, 2.45) is 0 Å². The van der Waals surface area contributed by atoms with Crippen molar-refractivity contribution in [2.75, 3.05) is 5.32 Å². The van der Waals surface area contributed by atoms with Crippen LogP contribution in [0.4, 0.5) is 5.69 Å². The quantitative estimate of drug-likeness (QED) is 0.898. The Kier molecular flexibility index (Phi) is 3.69. The van der Waals surface area contributed by atoms with Crippen molar-refractivity contribution in [3.63, 3.8) is 0 Å². The van der Waals surface area contributed by atoms with E-state index in [0.29, 0.717) is 11.0 Å². The maximum atomic E-state index is 6.03. The van der Waals surface area contributed by atoms with E-state index in [2.05, 4.69) is 10.3 Å². The van der Waals surface area contributed by atoms with Crippen LogP contribution in [0.3, 0.4) is 0 Å². The van der Waals surface area contributed by atoms with Crippen LogP contribution in [0.5, 0.6) is 0 Å². The monoisotopic (exact) mass is 272 g/mol. The van der Waals surface area contributed by atoms with E-state index in [1.807, 2.05) is 25.1 Å². The molecule has 0 bridgehead atoms. The van der Waals surface area contributed by atoms with Gasteiger partial charge in [0.05, 0.1) is 6.54 Å². The number of halogens is 2. The number of thiazole rings is 1. The molecule has 84 valence electrons. The summed E-state index contributed by atoms with van der Waals surface area (Å²) in [6.45, 7) is 2.69. The molecule has 0 unspecified atom stereocenters. The van der Waals surface area contributed by atoms with Gasteiger partial charge in [0.25, 0.3) is 0 Å². The molecule has 0 fully saturated rings. The Hall–Kier alpha value is -0.770. The summed E-state index contributed by atoms with van der Waals surface area (Å²) in [6, 6.07) is 5.91. The van der Waals surface area contributed by atoms with E-state index >= 15 is 0 Å². The highest BCUT2D eigenvalue weighted by Crippen LogP contribution is 2.22. The number of nitrogens with zero attached hydrogens (tertiary/aromatic N) is 1. The Balaban J connectivity index is 2.02. The molecular formula is C11H10Cl2N2S. The molecule has 0 spiro atoms. The summed E-state index contributed by atoms with van der Waals surface area (Å²) < 4.78 is 0.568. The summed E-state index contributed by atoms with van der Waals surface area (Å²) in [7, 11) is 0. The van der Waals surface area contributed by atoms with Gasteiger partial charge in [-0.25, -0.2) is 4.98 Å². The van der Waals surface area contributed by atoms with Gasteiger partial charge in [-0.05, 0) is 24.6 Å². The highest BCUT2D eigenvalue weighted by molar-refractivity contribution is 7.15. The summed E-state index contributed by atoms with van der Waals surface area (Å²) in [6.07, 6.45) is 1.77. The molecule has 0 aliphatic rings. The lowest BCUT2D eigenvalue weighted by Gasteiger charge is -2.06. The van der Waals surface area contributed by atoms with Gasteiger partial charge >= 0.3 is 0 Å². The van der Waals surface area contributed by atoms with Gasteiger partial charge in [0.15, 0.2) is 4.47 Å². The molecule has 0 saturated carbocycles. The average molecular weight is 273 g/mol. The summed E-state index contributed by atoms with van der Waals surface area (Å²) in [5, 5.41) is 4.04. The van der Waals surface area contributed by atoms with E-state index < -0.39 is 0 Å². The van der Waals surface area contributed by atoms with Crippen molar-refractivity contribution < 1.29 is 0 Å². The molecule has 1 aromatic carbocycles. The summed E-state index contributed by atoms with van der Waals surface area (Å²) >= 11 is 13.2. The molecule has 2 nitrogen and oxygen atoms in total. The number of benzene rings is 1. The van der Waals surface area contributed by atoms with Crippen LogP contribution in [0, 0.1) is 6.92 Å². The second kappa shape index (κ2) is 5.04. The first-order valence-corrected chi connectivity index (χ1v) is 6.32. The van der Waals surface area contributed by atoms with Crippen molar-refractivity contribution >= 4 is 40.2 Å². The first-order chi connectivity index (χ1) is 7.65. The second-order valence-electron chi connectivity index (χ2n) is 3.40. The van der Waals surface area contributed by atoms with Gasteiger partial charge in [-0.15, -0.1) is 11.3 Å². The van der Waals surface area contributed by atoms with E-state index in [1.165, 1.54) is 11.3 Å². The molecular weight excluding hydrogens is 263 g/mol. The Bertz CT molecular complexity index is 496. The highest BCUT2D eigenvalue weighted by atomic mass is 35.5.